The third kappa shape index (κ3) is 3.02. The Labute approximate surface area is 111 Å². The Balaban J connectivity index is 2.20. The average molecular weight is 247 g/mol. The van der Waals surface area contributed by atoms with Gasteiger partial charge in [-0.1, -0.05) is 13.8 Å². The van der Waals surface area contributed by atoms with Gasteiger partial charge in [0.1, 0.15) is 0 Å². The van der Waals surface area contributed by atoms with Crippen LogP contribution in [0.3, 0.4) is 0 Å². The minimum absolute atomic E-state index is 0.577. The summed E-state index contributed by atoms with van der Waals surface area (Å²) in [4.78, 5) is 7.08. The van der Waals surface area contributed by atoms with E-state index in [0.29, 0.717) is 12.0 Å². The van der Waals surface area contributed by atoms with Crippen LogP contribution in [0.15, 0.2) is 12.1 Å². The van der Waals surface area contributed by atoms with E-state index in [9.17, 15) is 0 Å². The van der Waals surface area contributed by atoms with Crippen molar-refractivity contribution in [2.24, 2.45) is 5.92 Å². The van der Waals surface area contributed by atoms with Crippen LogP contribution < -0.4 is 10.2 Å². The second-order valence-corrected chi connectivity index (χ2v) is 5.66. The van der Waals surface area contributed by atoms with Gasteiger partial charge in [0, 0.05) is 24.8 Å². The van der Waals surface area contributed by atoms with Gasteiger partial charge in [0.25, 0.3) is 0 Å². The first-order chi connectivity index (χ1) is 8.58. The fourth-order valence-corrected chi connectivity index (χ4v) is 2.63. The third-order valence-corrected chi connectivity index (χ3v) is 3.77. The van der Waals surface area contributed by atoms with Crippen LogP contribution in [-0.4, -0.2) is 30.7 Å². The first kappa shape index (κ1) is 13.3. The van der Waals surface area contributed by atoms with Crippen LogP contribution in [0.4, 0.5) is 5.69 Å². The Morgan fingerprint density at radius 3 is 2.78 bits per heavy atom. The molecule has 18 heavy (non-hydrogen) atoms. The van der Waals surface area contributed by atoms with Gasteiger partial charge in [-0.25, -0.2) is 0 Å². The minimum atomic E-state index is 0.577. The van der Waals surface area contributed by atoms with Crippen molar-refractivity contribution >= 4 is 5.69 Å². The van der Waals surface area contributed by atoms with E-state index < -0.39 is 0 Å². The third-order valence-electron chi connectivity index (χ3n) is 3.77. The molecule has 1 saturated heterocycles. The molecule has 100 valence electrons. The van der Waals surface area contributed by atoms with Crippen molar-refractivity contribution in [2.45, 2.75) is 40.2 Å². The number of nitrogens with zero attached hydrogens (tertiary/aromatic N) is 2. The highest BCUT2D eigenvalue weighted by Crippen LogP contribution is 2.21. The molecule has 1 N–H and O–H groups in total. The molecule has 0 aliphatic carbocycles. The van der Waals surface area contributed by atoms with Crippen molar-refractivity contribution in [3.63, 3.8) is 0 Å². The Morgan fingerprint density at radius 2 is 2.11 bits per heavy atom. The van der Waals surface area contributed by atoms with Crippen molar-refractivity contribution in [1.29, 1.82) is 0 Å². The molecular weight excluding hydrogens is 222 g/mol. The number of anilines is 1. The van der Waals surface area contributed by atoms with Crippen LogP contribution in [0.5, 0.6) is 0 Å². The molecule has 0 spiro atoms. The van der Waals surface area contributed by atoms with Gasteiger partial charge in [-0.15, -0.1) is 0 Å². The lowest BCUT2D eigenvalue weighted by Gasteiger charge is -2.29. The van der Waals surface area contributed by atoms with Crippen LogP contribution in [0, 0.1) is 19.8 Å². The maximum absolute atomic E-state index is 4.59. The molecule has 1 aromatic heterocycles. The smallest absolute Gasteiger partial charge is 0.0608 e. The van der Waals surface area contributed by atoms with E-state index in [0.717, 1.165) is 31.0 Å². The maximum Gasteiger partial charge on any atom is 0.0608 e. The molecular formula is C15H25N3. The Bertz CT molecular complexity index is 401. The summed E-state index contributed by atoms with van der Waals surface area (Å²) in [6.45, 7) is 12.1. The lowest BCUT2D eigenvalue weighted by atomic mass is 10.0. The van der Waals surface area contributed by atoms with Gasteiger partial charge in [-0.3, -0.25) is 4.98 Å². The Hall–Kier alpha value is -1.09. The van der Waals surface area contributed by atoms with Crippen molar-refractivity contribution in [1.82, 2.24) is 10.3 Å². The predicted octanol–water partition coefficient (Wildman–Crippen LogP) is 2.52. The quantitative estimate of drug-likeness (QED) is 0.870. The largest absolute Gasteiger partial charge is 0.368 e. The van der Waals surface area contributed by atoms with Crippen molar-refractivity contribution < 1.29 is 0 Å². The lowest BCUT2D eigenvalue weighted by Crippen LogP contribution is -2.41. The van der Waals surface area contributed by atoms with Gasteiger partial charge in [0.2, 0.25) is 0 Å². The molecule has 1 atom stereocenters. The number of hydrogen-bond donors (Lipinski definition) is 1. The summed E-state index contributed by atoms with van der Waals surface area (Å²) in [7, 11) is 0. The summed E-state index contributed by atoms with van der Waals surface area (Å²) in [6.07, 6.45) is 1.20. The monoisotopic (exact) mass is 247 g/mol. The summed E-state index contributed by atoms with van der Waals surface area (Å²) < 4.78 is 0. The van der Waals surface area contributed by atoms with E-state index in [1.165, 1.54) is 12.1 Å². The normalized spacial score (nSPS) is 21.2. The predicted molar refractivity (Wildman–Crippen MR) is 77.2 cm³/mol. The van der Waals surface area contributed by atoms with Crippen LogP contribution in [-0.2, 0) is 0 Å². The van der Waals surface area contributed by atoms with Gasteiger partial charge in [0.05, 0.1) is 11.4 Å². The van der Waals surface area contributed by atoms with Crippen molar-refractivity contribution in [3.8, 4) is 0 Å². The fourth-order valence-electron chi connectivity index (χ4n) is 2.63. The summed E-state index contributed by atoms with van der Waals surface area (Å²) in [5, 5.41) is 3.65. The Kier molecular flexibility index (Phi) is 4.23. The van der Waals surface area contributed by atoms with Crippen LogP contribution in [0.2, 0.25) is 0 Å². The van der Waals surface area contributed by atoms with Gasteiger partial charge >= 0.3 is 0 Å². The van der Waals surface area contributed by atoms with Gasteiger partial charge in [0.15, 0.2) is 0 Å². The van der Waals surface area contributed by atoms with E-state index in [4.69, 9.17) is 0 Å². The summed E-state index contributed by atoms with van der Waals surface area (Å²) in [6, 6.07) is 4.92. The van der Waals surface area contributed by atoms with E-state index >= 15 is 0 Å². The number of aromatic nitrogens is 1. The molecule has 3 heteroatoms. The fraction of sp³-hybridized carbons (Fsp3) is 0.667. The summed E-state index contributed by atoms with van der Waals surface area (Å²) >= 11 is 0. The zero-order valence-electron chi connectivity index (χ0n) is 12.0. The average Bonchev–Trinajstić information content (AvgIpc) is 2.54. The molecule has 1 unspecified atom stereocenters. The van der Waals surface area contributed by atoms with Gasteiger partial charge in [-0.2, -0.15) is 0 Å². The second-order valence-electron chi connectivity index (χ2n) is 5.66. The summed E-state index contributed by atoms with van der Waals surface area (Å²) in [5.41, 5.74) is 3.55. The van der Waals surface area contributed by atoms with E-state index in [-0.39, 0.29) is 0 Å². The lowest BCUT2D eigenvalue weighted by molar-refractivity contribution is 0.420. The van der Waals surface area contributed by atoms with E-state index in [2.05, 4.69) is 55.0 Å². The molecule has 0 aromatic carbocycles. The number of nitrogens with one attached hydrogen (secondary N) is 1. The molecule has 0 amide bonds. The zero-order chi connectivity index (χ0) is 13.1. The zero-order valence-corrected chi connectivity index (χ0v) is 12.0. The molecule has 1 aliphatic heterocycles. The first-order valence-corrected chi connectivity index (χ1v) is 7.00. The highest BCUT2D eigenvalue weighted by Gasteiger charge is 2.21. The van der Waals surface area contributed by atoms with Gasteiger partial charge < -0.3 is 10.2 Å². The molecule has 3 nitrogen and oxygen atoms in total. The SMILES string of the molecule is Cc1ccc(N2CCCNC(C(C)C)C2)c(C)n1. The summed E-state index contributed by atoms with van der Waals surface area (Å²) in [5.74, 6) is 0.671. The molecule has 0 radical (unpaired) electrons. The number of hydrogen-bond acceptors (Lipinski definition) is 3. The highest BCUT2D eigenvalue weighted by molar-refractivity contribution is 5.51. The topological polar surface area (TPSA) is 28.2 Å². The highest BCUT2D eigenvalue weighted by atomic mass is 15.2. The van der Waals surface area contributed by atoms with Crippen LogP contribution in [0.1, 0.15) is 31.7 Å². The van der Waals surface area contributed by atoms with E-state index in [1.54, 1.807) is 0 Å². The second kappa shape index (κ2) is 5.70. The number of aryl methyl sites for hydroxylation is 2. The molecule has 2 heterocycles. The molecule has 0 bridgehead atoms. The molecule has 1 aliphatic rings. The first-order valence-electron chi connectivity index (χ1n) is 7.00. The molecule has 0 saturated carbocycles. The maximum atomic E-state index is 4.59. The van der Waals surface area contributed by atoms with E-state index in [1.807, 2.05) is 0 Å². The van der Waals surface area contributed by atoms with Crippen molar-refractivity contribution in [3.05, 3.63) is 23.5 Å². The van der Waals surface area contributed by atoms with Crippen LogP contribution >= 0.6 is 0 Å². The number of pyridine rings is 1. The molecule has 1 aromatic rings. The molecule has 2 rings (SSSR count). The van der Waals surface area contributed by atoms with Crippen molar-refractivity contribution in [2.75, 3.05) is 24.5 Å². The molecule has 1 fully saturated rings. The standard InChI is InChI=1S/C15H25N3/c1-11(2)14-10-18(9-5-8-16-14)15-7-6-12(3)17-13(15)4/h6-7,11,14,16H,5,8-10H2,1-4H3. The number of rotatable bonds is 2. The van der Waals surface area contributed by atoms with Crippen LogP contribution in [0.25, 0.3) is 0 Å². The minimum Gasteiger partial charge on any atom is -0.368 e. The Morgan fingerprint density at radius 1 is 1.33 bits per heavy atom. The van der Waals surface area contributed by atoms with Gasteiger partial charge in [-0.05, 0) is 44.9 Å².